The highest BCUT2D eigenvalue weighted by atomic mass is 16.4. The molecule has 4 heteroatoms. The van der Waals surface area contributed by atoms with Gasteiger partial charge in [0.2, 0.25) is 0 Å². The van der Waals surface area contributed by atoms with Crippen molar-refractivity contribution in [1.29, 1.82) is 0 Å². The molecule has 0 amide bonds. The van der Waals surface area contributed by atoms with Crippen LogP contribution < -0.4 is 0 Å². The van der Waals surface area contributed by atoms with Gasteiger partial charge in [-0.05, 0) is 25.2 Å². The first-order valence-corrected chi connectivity index (χ1v) is 5.55. The van der Waals surface area contributed by atoms with E-state index in [1.165, 1.54) is 0 Å². The second kappa shape index (κ2) is 5.14. The van der Waals surface area contributed by atoms with Crippen molar-refractivity contribution < 1.29 is 19.8 Å². The molecule has 2 atom stereocenters. The van der Waals surface area contributed by atoms with Crippen LogP contribution in [0.3, 0.4) is 0 Å². The summed E-state index contributed by atoms with van der Waals surface area (Å²) in [5.74, 6) is -3.07. The Balaban J connectivity index is 2.78. The molecular formula is C12H18O4. The predicted molar refractivity (Wildman–Crippen MR) is 59.0 cm³/mol. The third-order valence-electron chi connectivity index (χ3n) is 2.93. The largest absolute Gasteiger partial charge is 0.481 e. The number of hydrogen-bond donors (Lipinski definition) is 2. The standard InChI is InChI=1S/C12H18O4/c1-7(2)5-8-3-4-9(11(13)14)10(6-8)12(15)16/h3,7,9-10H,4-6H2,1-2H3,(H,13,14)(H,15,16). The van der Waals surface area contributed by atoms with Gasteiger partial charge in [-0.15, -0.1) is 0 Å². The highest BCUT2D eigenvalue weighted by Crippen LogP contribution is 2.33. The molecule has 0 bridgehead atoms. The molecule has 0 aromatic heterocycles. The first kappa shape index (κ1) is 12.7. The fourth-order valence-electron chi connectivity index (χ4n) is 2.19. The number of carboxylic acid groups (broad SMARTS) is 2. The van der Waals surface area contributed by atoms with Gasteiger partial charge >= 0.3 is 11.9 Å². The Kier molecular flexibility index (Phi) is 4.10. The molecule has 2 unspecified atom stereocenters. The van der Waals surface area contributed by atoms with Crippen molar-refractivity contribution in [3.63, 3.8) is 0 Å². The van der Waals surface area contributed by atoms with Gasteiger partial charge in [0, 0.05) is 0 Å². The molecule has 1 aliphatic carbocycles. The second-order valence-corrected chi connectivity index (χ2v) is 4.79. The van der Waals surface area contributed by atoms with Gasteiger partial charge in [-0.1, -0.05) is 25.5 Å². The SMILES string of the molecule is CC(C)CC1=CCC(C(=O)O)C(C(=O)O)C1. The summed E-state index contributed by atoms with van der Waals surface area (Å²) in [6.45, 7) is 4.14. The van der Waals surface area contributed by atoms with Crippen molar-refractivity contribution in [1.82, 2.24) is 0 Å². The number of carbonyl (C=O) groups is 2. The quantitative estimate of drug-likeness (QED) is 0.720. The van der Waals surface area contributed by atoms with E-state index in [0.29, 0.717) is 18.8 Å². The minimum absolute atomic E-state index is 0.342. The van der Waals surface area contributed by atoms with Crippen LogP contribution in [0.25, 0.3) is 0 Å². The zero-order valence-electron chi connectivity index (χ0n) is 9.64. The maximum Gasteiger partial charge on any atom is 0.307 e. The molecule has 0 fully saturated rings. The monoisotopic (exact) mass is 226 g/mol. The summed E-state index contributed by atoms with van der Waals surface area (Å²) in [6, 6.07) is 0. The molecule has 0 saturated heterocycles. The van der Waals surface area contributed by atoms with E-state index in [4.69, 9.17) is 10.2 Å². The van der Waals surface area contributed by atoms with Gasteiger partial charge in [-0.2, -0.15) is 0 Å². The van der Waals surface area contributed by atoms with E-state index in [1.807, 2.05) is 6.08 Å². The number of allylic oxidation sites excluding steroid dienone is 2. The Labute approximate surface area is 95.0 Å². The lowest BCUT2D eigenvalue weighted by atomic mass is 9.78. The number of rotatable bonds is 4. The molecule has 0 aromatic carbocycles. The highest BCUT2D eigenvalue weighted by Gasteiger charge is 2.36. The Morgan fingerprint density at radius 3 is 2.31 bits per heavy atom. The van der Waals surface area contributed by atoms with Crippen molar-refractivity contribution in [3.05, 3.63) is 11.6 Å². The van der Waals surface area contributed by atoms with Crippen LogP contribution in [0.5, 0.6) is 0 Å². The normalized spacial score (nSPS) is 25.3. The van der Waals surface area contributed by atoms with Crippen molar-refractivity contribution in [2.45, 2.75) is 33.1 Å². The summed E-state index contributed by atoms with van der Waals surface area (Å²) >= 11 is 0. The van der Waals surface area contributed by atoms with Gasteiger partial charge in [0.15, 0.2) is 0 Å². The van der Waals surface area contributed by atoms with Gasteiger partial charge < -0.3 is 10.2 Å². The Morgan fingerprint density at radius 1 is 1.31 bits per heavy atom. The van der Waals surface area contributed by atoms with Crippen molar-refractivity contribution >= 4 is 11.9 Å². The van der Waals surface area contributed by atoms with Gasteiger partial charge in [0.25, 0.3) is 0 Å². The smallest absolute Gasteiger partial charge is 0.307 e. The zero-order valence-corrected chi connectivity index (χ0v) is 9.64. The summed E-state index contributed by atoms with van der Waals surface area (Å²) in [6.07, 6.45) is 3.48. The second-order valence-electron chi connectivity index (χ2n) is 4.79. The average Bonchev–Trinajstić information content (AvgIpc) is 2.16. The molecule has 1 rings (SSSR count). The molecule has 0 spiro atoms. The minimum Gasteiger partial charge on any atom is -0.481 e. The van der Waals surface area contributed by atoms with Crippen LogP contribution >= 0.6 is 0 Å². The van der Waals surface area contributed by atoms with E-state index < -0.39 is 23.8 Å². The Bertz CT molecular complexity index is 317. The van der Waals surface area contributed by atoms with Gasteiger partial charge in [0.05, 0.1) is 11.8 Å². The molecule has 0 aromatic rings. The molecule has 0 saturated carbocycles. The third-order valence-corrected chi connectivity index (χ3v) is 2.93. The topological polar surface area (TPSA) is 74.6 Å². The molecule has 0 aliphatic heterocycles. The molecule has 1 aliphatic rings. The molecular weight excluding hydrogens is 208 g/mol. The molecule has 4 nitrogen and oxygen atoms in total. The van der Waals surface area contributed by atoms with E-state index in [0.717, 1.165) is 12.0 Å². The Hall–Kier alpha value is -1.32. The van der Waals surface area contributed by atoms with Crippen LogP contribution in [0.2, 0.25) is 0 Å². The van der Waals surface area contributed by atoms with Crippen LogP contribution in [0.4, 0.5) is 0 Å². The molecule has 0 radical (unpaired) electrons. The molecule has 90 valence electrons. The van der Waals surface area contributed by atoms with Gasteiger partial charge in [0.1, 0.15) is 0 Å². The zero-order chi connectivity index (χ0) is 12.3. The van der Waals surface area contributed by atoms with E-state index in [2.05, 4.69) is 13.8 Å². The lowest BCUT2D eigenvalue weighted by Gasteiger charge is -2.26. The van der Waals surface area contributed by atoms with Crippen LogP contribution in [-0.2, 0) is 9.59 Å². The highest BCUT2D eigenvalue weighted by molar-refractivity contribution is 5.80. The maximum absolute atomic E-state index is 11.0. The van der Waals surface area contributed by atoms with Gasteiger partial charge in [-0.3, -0.25) is 9.59 Å². The van der Waals surface area contributed by atoms with Crippen LogP contribution in [0.1, 0.15) is 33.1 Å². The Morgan fingerprint density at radius 2 is 1.88 bits per heavy atom. The third kappa shape index (κ3) is 3.08. The van der Waals surface area contributed by atoms with E-state index in [9.17, 15) is 9.59 Å². The molecule has 16 heavy (non-hydrogen) atoms. The van der Waals surface area contributed by atoms with E-state index in [1.54, 1.807) is 0 Å². The fourth-order valence-corrected chi connectivity index (χ4v) is 2.19. The van der Waals surface area contributed by atoms with Crippen molar-refractivity contribution in [2.24, 2.45) is 17.8 Å². The summed E-state index contributed by atoms with van der Waals surface area (Å²) in [7, 11) is 0. The fraction of sp³-hybridized carbons (Fsp3) is 0.667. The van der Waals surface area contributed by atoms with Crippen LogP contribution in [-0.4, -0.2) is 22.2 Å². The van der Waals surface area contributed by atoms with E-state index >= 15 is 0 Å². The van der Waals surface area contributed by atoms with Crippen molar-refractivity contribution in [3.8, 4) is 0 Å². The van der Waals surface area contributed by atoms with Crippen molar-refractivity contribution in [2.75, 3.05) is 0 Å². The minimum atomic E-state index is -1.01. The summed E-state index contributed by atoms with van der Waals surface area (Å²) in [5, 5.41) is 18.0. The predicted octanol–water partition coefficient (Wildman–Crippen LogP) is 2.15. The lowest BCUT2D eigenvalue weighted by molar-refractivity contribution is -0.153. The van der Waals surface area contributed by atoms with Crippen LogP contribution in [0.15, 0.2) is 11.6 Å². The average molecular weight is 226 g/mol. The number of carboxylic acids is 2. The number of aliphatic carboxylic acids is 2. The van der Waals surface area contributed by atoms with Gasteiger partial charge in [-0.25, -0.2) is 0 Å². The first-order valence-electron chi connectivity index (χ1n) is 5.55. The van der Waals surface area contributed by atoms with E-state index in [-0.39, 0.29) is 0 Å². The summed E-state index contributed by atoms with van der Waals surface area (Å²) < 4.78 is 0. The maximum atomic E-state index is 11.0. The first-order chi connectivity index (χ1) is 7.41. The van der Waals surface area contributed by atoms with Crippen LogP contribution in [0, 0.1) is 17.8 Å². The lowest BCUT2D eigenvalue weighted by Crippen LogP contribution is -2.32. The summed E-state index contributed by atoms with van der Waals surface area (Å²) in [4.78, 5) is 21.9. The number of hydrogen-bond acceptors (Lipinski definition) is 2. The summed E-state index contributed by atoms with van der Waals surface area (Å²) in [5.41, 5.74) is 1.08. The molecule has 2 N–H and O–H groups in total. The molecule has 0 heterocycles.